The molecule has 3 aromatic rings. The fourth-order valence-electron chi connectivity index (χ4n) is 3.32. The minimum Gasteiger partial charge on any atom is -0.497 e. The molecule has 1 atom stereocenters. The van der Waals surface area contributed by atoms with Gasteiger partial charge in [-0.25, -0.2) is 0 Å². The third-order valence-corrected chi connectivity index (χ3v) is 5.17. The molecule has 0 radical (unpaired) electrons. The fourth-order valence-corrected chi connectivity index (χ4v) is 3.59. The summed E-state index contributed by atoms with van der Waals surface area (Å²) in [5, 5.41) is 4.82. The fraction of sp³-hybridized carbons (Fsp3) is 0.304. The van der Waals surface area contributed by atoms with Crippen LogP contribution in [0.3, 0.4) is 0 Å². The Kier molecular flexibility index (Phi) is 7.43. The maximum Gasteiger partial charge on any atom is 0.203 e. The number of nitrogens with one attached hydrogen (secondary N) is 1. The molecular weight excluding hydrogens is 396 g/mol. The van der Waals surface area contributed by atoms with E-state index < -0.39 is 0 Å². The maximum absolute atomic E-state index is 5.72. The molecule has 1 aromatic heterocycles. The van der Waals surface area contributed by atoms with Crippen molar-refractivity contribution < 1.29 is 14.4 Å². The zero-order valence-electron chi connectivity index (χ0n) is 17.8. The molecule has 1 unspecified atom stereocenters. The lowest BCUT2D eigenvalue weighted by Crippen LogP contribution is -3.07. The Morgan fingerprint density at radius 2 is 1.77 bits per heavy atom. The molecule has 0 saturated heterocycles. The van der Waals surface area contributed by atoms with Crippen LogP contribution >= 0.6 is 12.2 Å². The van der Waals surface area contributed by atoms with Gasteiger partial charge in [0.15, 0.2) is 12.5 Å². The van der Waals surface area contributed by atoms with Crippen LogP contribution in [-0.4, -0.2) is 35.1 Å². The van der Waals surface area contributed by atoms with Crippen LogP contribution in [0, 0.1) is 4.77 Å². The summed E-state index contributed by atoms with van der Waals surface area (Å²) in [7, 11) is 3.80. The highest BCUT2D eigenvalue weighted by Gasteiger charge is 2.15. The molecule has 0 fully saturated rings. The van der Waals surface area contributed by atoms with Crippen molar-refractivity contribution in [2.24, 2.45) is 0 Å². The predicted octanol–water partition coefficient (Wildman–Crippen LogP) is 3.35. The normalized spacial score (nSPS) is 11.8. The summed E-state index contributed by atoms with van der Waals surface area (Å²) >= 11 is 5.72. The number of allylic oxidation sites excluding steroid dienone is 1. The van der Waals surface area contributed by atoms with Gasteiger partial charge in [0.1, 0.15) is 18.0 Å². The smallest absolute Gasteiger partial charge is 0.203 e. The second-order valence-corrected chi connectivity index (χ2v) is 7.47. The number of rotatable bonds is 10. The maximum atomic E-state index is 5.72. The van der Waals surface area contributed by atoms with Gasteiger partial charge in [0, 0.05) is 17.7 Å². The molecule has 2 aromatic carbocycles. The average Bonchev–Trinajstić information content (AvgIpc) is 3.05. The summed E-state index contributed by atoms with van der Waals surface area (Å²) in [5.74, 6) is 2.54. The summed E-state index contributed by atoms with van der Waals surface area (Å²) in [4.78, 5) is 1.28. The summed E-state index contributed by atoms with van der Waals surface area (Å²) in [6.45, 7) is 8.66. The molecule has 1 N–H and O–H groups in total. The summed E-state index contributed by atoms with van der Waals surface area (Å²) in [5.41, 5.74) is 2.23. The Bertz CT molecular complexity index is 1020. The van der Waals surface area contributed by atoms with E-state index in [1.54, 1.807) is 7.11 Å². The third-order valence-electron chi connectivity index (χ3n) is 4.74. The van der Waals surface area contributed by atoms with Gasteiger partial charge in [0.2, 0.25) is 4.77 Å². The minimum absolute atomic E-state index is 0.609. The first-order chi connectivity index (χ1) is 14.5. The molecule has 30 heavy (non-hydrogen) atoms. The zero-order valence-corrected chi connectivity index (χ0v) is 18.6. The van der Waals surface area contributed by atoms with E-state index in [1.807, 2.05) is 58.6 Å². The molecule has 0 amide bonds. The van der Waals surface area contributed by atoms with E-state index in [-0.39, 0.29) is 0 Å². The zero-order chi connectivity index (χ0) is 21.5. The van der Waals surface area contributed by atoms with E-state index in [1.165, 1.54) is 10.5 Å². The van der Waals surface area contributed by atoms with Crippen LogP contribution in [0.15, 0.2) is 61.2 Å². The lowest BCUT2D eigenvalue weighted by atomic mass is 10.2. The molecule has 0 aliphatic carbocycles. The van der Waals surface area contributed by atoms with Crippen molar-refractivity contribution in [1.29, 1.82) is 0 Å². The first kappa shape index (κ1) is 21.8. The summed E-state index contributed by atoms with van der Waals surface area (Å²) in [6, 6.07) is 16.1. The van der Waals surface area contributed by atoms with Crippen LogP contribution in [0.4, 0.5) is 0 Å². The molecule has 1 heterocycles. The number of quaternary nitrogens is 1. The third kappa shape index (κ3) is 5.17. The van der Waals surface area contributed by atoms with E-state index in [4.69, 9.17) is 26.8 Å². The van der Waals surface area contributed by atoms with Gasteiger partial charge in [-0.3, -0.25) is 4.57 Å². The highest BCUT2D eigenvalue weighted by atomic mass is 32.1. The number of nitrogens with zero attached hydrogens (tertiary/aromatic N) is 3. The topological polar surface area (TPSA) is 45.7 Å². The molecular formula is C23H29N4O2S+. The molecule has 3 rings (SSSR count). The number of benzene rings is 2. The molecule has 0 spiro atoms. The van der Waals surface area contributed by atoms with Crippen molar-refractivity contribution in [2.75, 3.05) is 20.8 Å². The van der Waals surface area contributed by atoms with Crippen LogP contribution in [0.2, 0.25) is 0 Å². The Hall–Kier alpha value is -2.90. The first-order valence-electron chi connectivity index (χ1n) is 10.0. The molecule has 0 bridgehead atoms. The molecule has 158 valence electrons. The highest BCUT2D eigenvalue weighted by molar-refractivity contribution is 7.71. The molecule has 6 nitrogen and oxygen atoms in total. The predicted molar refractivity (Wildman–Crippen MR) is 121 cm³/mol. The highest BCUT2D eigenvalue weighted by Crippen LogP contribution is 2.21. The minimum atomic E-state index is 0.609. The van der Waals surface area contributed by atoms with Crippen LogP contribution in [0.25, 0.3) is 11.4 Å². The van der Waals surface area contributed by atoms with Crippen molar-refractivity contribution in [3.8, 4) is 22.9 Å². The van der Waals surface area contributed by atoms with Crippen LogP contribution in [-0.2, 0) is 19.8 Å². The number of aromatic nitrogens is 3. The number of ether oxygens (including phenoxy) is 2. The lowest BCUT2D eigenvalue weighted by Gasteiger charge is -2.14. The Balaban J connectivity index is 1.79. The van der Waals surface area contributed by atoms with Gasteiger partial charge in [-0.1, -0.05) is 6.08 Å². The van der Waals surface area contributed by atoms with Crippen molar-refractivity contribution >= 4 is 12.2 Å². The SMILES string of the molecule is C=CCn1c(-c2ccc(OC)cc2)nn(C[NH+](C)Cc2ccc(OCC)cc2)c1=S. The van der Waals surface area contributed by atoms with Gasteiger partial charge in [-0.15, -0.1) is 11.7 Å². The van der Waals surface area contributed by atoms with Crippen LogP contribution in [0.5, 0.6) is 11.5 Å². The summed E-state index contributed by atoms with van der Waals surface area (Å²) in [6.07, 6.45) is 1.84. The van der Waals surface area contributed by atoms with Crippen molar-refractivity contribution in [3.63, 3.8) is 0 Å². The molecule has 7 heteroatoms. The first-order valence-corrected chi connectivity index (χ1v) is 10.4. The van der Waals surface area contributed by atoms with Crippen molar-refractivity contribution in [3.05, 3.63) is 71.5 Å². The van der Waals surface area contributed by atoms with Gasteiger partial charge < -0.3 is 14.4 Å². The van der Waals surface area contributed by atoms with Gasteiger partial charge in [0.25, 0.3) is 0 Å². The van der Waals surface area contributed by atoms with Gasteiger partial charge in [0.05, 0.1) is 20.8 Å². The summed E-state index contributed by atoms with van der Waals surface area (Å²) < 4.78 is 15.4. The van der Waals surface area contributed by atoms with Gasteiger partial charge in [-0.05, 0) is 67.7 Å². The number of methoxy groups -OCH3 is 1. The van der Waals surface area contributed by atoms with Gasteiger partial charge in [-0.2, -0.15) is 4.68 Å². The van der Waals surface area contributed by atoms with E-state index in [0.29, 0.717) is 24.6 Å². The quantitative estimate of drug-likeness (QED) is 0.400. The van der Waals surface area contributed by atoms with Crippen LogP contribution in [0.1, 0.15) is 12.5 Å². The molecule has 0 saturated carbocycles. The Morgan fingerprint density at radius 3 is 2.37 bits per heavy atom. The van der Waals surface area contributed by atoms with E-state index in [0.717, 1.165) is 29.4 Å². The van der Waals surface area contributed by atoms with Crippen molar-refractivity contribution in [2.45, 2.75) is 26.7 Å². The molecule has 0 aliphatic heterocycles. The van der Waals surface area contributed by atoms with E-state index in [9.17, 15) is 0 Å². The molecule has 0 aliphatic rings. The van der Waals surface area contributed by atoms with Gasteiger partial charge >= 0.3 is 0 Å². The Labute approximate surface area is 183 Å². The number of hydrogen-bond donors (Lipinski definition) is 1. The van der Waals surface area contributed by atoms with E-state index in [2.05, 4.69) is 25.8 Å². The van der Waals surface area contributed by atoms with Crippen LogP contribution < -0.4 is 14.4 Å². The van der Waals surface area contributed by atoms with E-state index >= 15 is 0 Å². The Morgan fingerprint density at radius 1 is 1.10 bits per heavy atom. The second-order valence-electron chi connectivity index (χ2n) is 7.10. The monoisotopic (exact) mass is 425 g/mol. The average molecular weight is 426 g/mol. The standard InChI is InChI=1S/C23H28N4O2S/c1-5-15-26-22(19-9-13-20(28-4)14-10-19)24-27(23(26)30)17-25(3)16-18-7-11-21(12-8-18)29-6-2/h5,7-14H,1,6,15-17H2,2-4H3/p+1. The lowest BCUT2D eigenvalue weighted by molar-refractivity contribution is -0.917. The number of hydrogen-bond acceptors (Lipinski definition) is 4. The second kappa shape index (κ2) is 10.2. The largest absolute Gasteiger partial charge is 0.497 e. The van der Waals surface area contributed by atoms with Crippen molar-refractivity contribution in [1.82, 2.24) is 14.3 Å².